The van der Waals surface area contributed by atoms with E-state index in [4.69, 9.17) is 4.74 Å². The largest absolute Gasteiger partial charge is 0.426 e. The van der Waals surface area contributed by atoms with Crippen molar-refractivity contribution in [2.45, 2.75) is 110 Å². The third kappa shape index (κ3) is 6.09. The number of unbranched alkanes of at least 4 members (excludes halogenated alkanes) is 2. The Morgan fingerprint density at radius 3 is 2.17 bits per heavy atom. The highest BCUT2D eigenvalue weighted by Gasteiger charge is 2.43. The van der Waals surface area contributed by atoms with Crippen LogP contribution in [0.1, 0.15) is 109 Å². The van der Waals surface area contributed by atoms with Crippen LogP contribution in [0, 0.1) is 17.3 Å². The number of ether oxygens (including phenoxy) is 1. The summed E-state index contributed by atoms with van der Waals surface area (Å²) in [6, 6.07) is 8.24. The molecule has 0 radical (unpaired) electrons. The second-order valence-corrected chi connectivity index (χ2v) is 9.76. The minimum absolute atomic E-state index is 0.0279. The molecule has 3 rings (SSSR count). The zero-order valence-electron chi connectivity index (χ0n) is 18.9. The number of carbonyl (C=O) groups is 1. The Hall–Kier alpha value is -1.31. The van der Waals surface area contributed by atoms with E-state index in [-0.39, 0.29) is 11.4 Å². The summed E-state index contributed by atoms with van der Waals surface area (Å²) in [7, 11) is 0. The van der Waals surface area contributed by atoms with E-state index in [1.165, 1.54) is 69.8 Å². The number of aryl methyl sites for hydroxylation is 1. The standard InChI is InChI=1S/C27H42O2/c1-3-5-7-10-22-13-15-25(16-14-22)29-26(28)27(19-4-2)20-17-24(18-21-27)23-11-8-6-9-12-23/h13-16,23-24H,3-12,17-21H2,1-2H3/t24-,27+. The normalized spacial score (nSPS) is 25.7. The minimum atomic E-state index is -0.250. The van der Waals surface area contributed by atoms with Gasteiger partial charge in [-0.05, 0) is 74.5 Å². The molecule has 0 N–H and O–H groups in total. The predicted molar refractivity (Wildman–Crippen MR) is 121 cm³/mol. The monoisotopic (exact) mass is 398 g/mol. The van der Waals surface area contributed by atoms with Crippen molar-refractivity contribution in [1.82, 2.24) is 0 Å². The molecule has 0 amide bonds. The molecule has 0 unspecified atom stereocenters. The van der Waals surface area contributed by atoms with Gasteiger partial charge in [-0.15, -0.1) is 0 Å². The zero-order valence-corrected chi connectivity index (χ0v) is 18.9. The van der Waals surface area contributed by atoms with Gasteiger partial charge in [-0.25, -0.2) is 0 Å². The smallest absolute Gasteiger partial charge is 0.317 e. The zero-order chi connectivity index (χ0) is 20.5. The molecule has 1 aromatic rings. The maximum Gasteiger partial charge on any atom is 0.317 e. The quantitative estimate of drug-likeness (QED) is 0.240. The number of rotatable bonds is 9. The number of hydrogen-bond donors (Lipinski definition) is 0. The number of hydrogen-bond acceptors (Lipinski definition) is 2. The predicted octanol–water partition coefficient (Wildman–Crippen LogP) is 7.88. The van der Waals surface area contributed by atoms with Gasteiger partial charge < -0.3 is 4.74 Å². The van der Waals surface area contributed by atoms with Crippen molar-refractivity contribution in [3.63, 3.8) is 0 Å². The molecule has 162 valence electrons. The summed E-state index contributed by atoms with van der Waals surface area (Å²) in [5.74, 6) is 2.51. The first-order chi connectivity index (χ1) is 14.2. The molecule has 2 aliphatic rings. The summed E-state index contributed by atoms with van der Waals surface area (Å²) in [4.78, 5) is 13.2. The first-order valence-electron chi connectivity index (χ1n) is 12.5. The topological polar surface area (TPSA) is 26.3 Å². The van der Waals surface area contributed by atoms with E-state index in [1.807, 2.05) is 12.1 Å². The van der Waals surface area contributed by atoms with E-state index >= 15 is 0 Å². The van der Waals surface area contributed by atoms with Crippen LogP contribution in [0.15, 0.2) is 24.3 Å². The first-order valence-corrected chi connectivity index (χ1v) is 12.5. The summed E-state index contributed by atoms with van der Waals surface area (Å²) in [6.45, 7) is 4.44. The van der Waals surface area contributed by atoms with Crippen molar-refractivity contribution in [3.05, 3.63) is 29.8 Å². The lowest BCUT2D eigenvalue weighted by Gasteiger charge is -2.41. The van der Waals surface area contributed by atoms with Crippen molar-refractivity contribution < 1.29 is 9.53 Å². The number of benzene rings is 1. The third-order valence-electron chi connectivity index (χ3n) is 7.67. The third-order valence-corrected chi connectivity index (χ3v) is 7.67. The maximum atomic E-state index is 13.2. The van der Waals surface area contributed by atoms with Crippen LogP contribution >= 0.6 is 0 Å². The molecule has 2 fully saturated rings. The molecule has 0 bridgehead atoms. The fourth-order valence-electron chi connectivity index (χ4n) is 5.82. The van der Waals surface area contributed by atoms with Crippen LogP contribution in [0.5, 0.6) is 5.75 Å². The molecular formula is C27H42O2. The summed E-state index contributed by atoms with van der Waals surface area (Å²) < 4.78 is 5.93. The van der Waals surface area contributed by atoms with Crippen molar-refractivity contribution >= 4 is 5.97 Å². The van der Waals surface area contributed by atoms with Gasteiger partial charge in [0.25, 0.3) is 0 Å². The van der Waals surface area contributed by atoms with E-state index < -0.39 is 0 Å². The summed E-state index contributed by atoms with van der Waals surface area (Å²) >= 11 is 0. The molecule has 1 aromatic carbocycles. The van der Waals surface area contributed by atoms with Crippen LogP contribution in [0.25, 0.3) is 0 Å². The van der Waals surface area contributed by atoms with Gasteiger partial charge in [-0.2, -0.15) is 0 Å². The highest BCUT2D eigenvalue weighted by Crippen LogP contribution is 2.47. The molecule has 0 aliphatic heterocycles. The Morgan fingerprint density at radius 2 is 1.55 bits per heavy atom. The minimum Gasteiger partial charge on any atom is -0.426 e. The van der Waals surface area contributed by atoms with Crippen LogP contribution in [-0.4, -0.2) is 5.97 Å². The van der Waals surface area contributed by atoms with Crippen molar-refractivity contribution in [3.8, 4) is 5.75 Å². The van der Waals surface area contributed by atoms with Gasteiger partial charge in [-0.1, -0.05) is 77.3 Å². The van der Waals surface area contributed by atoms with E-state index in [0.717, 1.165) is 49.7 Å². The Morgan fingerprint density at radius 1 is 0.897 bits per heavy atom. The van der Waals surface area contributed by atoms with Crippen LogP contribution in [-0.2, 0) is 11.2 Å². The SMILES string of the molecule is CCCCCc1ccc(OC(=O)[C@]2(CCC)CC[C@H](C3CCCCC3)CC2)cc1. The highest BCUT2D eigenvalue weighted by atomic mass is 16.5. The highest BCUT2D eigenvalue weighted by molar-refractivity contribution is 5.79. The molecule has 2 nitrogen and oxygen atoms in total. The fraction of sp³-hybridized carbons (Fsp3) is 0.741. The van der Waals surface area contributed by atoms with Crippen LogP contribution < -0.4 is 4.74 Å². The van der Waals surface area contributed by atoms with Crippen molar-refractivity contribution in [1.29, 1.82) is 0 Å². The van der Waals surface area contributed by atoms with Crippen LogP contribution in [0.3, 0.4) is 0 Å². The summed E-state index contributed by atoms with van der Waals surface area (Å²) in [6.07, 6.45) is 18.5. The van der Waals surface area contributed by atoms with Gasteiger partial charge in [0.2, 0.25) is 0 Å². The van der Waals surface area contributed by atoms with Crippen molar-refractivity contribution in [2.24, 2.45) is 17.3 Å². The average Bonchev–Trinajstić information content (AvgIpc) is 2.76. The summed E-state index contributed by atoms with van der Waals surface area (Å²) in [5.41, 5.74) is 1.09. The Bertz CT molecular complexity index is 604. The van der Waals surface area contributed by atoms with E-state index in [2.05, 4.69) is 26.0 Å². The molecule has 0 atom stereocenters. The maximum absolute atomic E-state index is 13.2. The van der Waals surface area contributed by atoms with E-state index in [0.29, 0.717) is 0 Å². The number of esters is 1. The van der Waals surface area contributed by atoms with Gasteiger partial charge in [-0.3, -0.25) is 4.79 Å². The molecule has 0 heterocycles. The van der Waals surface area contributed by atoms with Crippen LogP contribution in [0.4, 0.5) is 0 Å². The summed E-state index contributed by atoms with van der Waals surface area (Å²) in [5, 5.41) is 0. The van der Waals surface area contributed by atoms with Crippen LogP contribution in [0.2, 0.25) is 0 Å². The Labute approximate surface area is 178 Å². The molecule has 0 aromatic heterocycles. The molecule has 2 saturated carbocycles. The first kappa shape index (κ1) is 22.4. The second kappa shape index (κ2) is 11.2. The lowest BCUT2D eigenvalue weighted by molar-refractivity contribution is -0.149. The lowest BCUT2D eigenvalue weighted by Crippen LogP contribution is -2.39. The van der Waals surface area contributed by atoms with Gasteiger partial charge in [0.05, 0.1) is 5.41 Å². The molecule has 2 aliphatic carbocycles. The lowest BCUT2D eigenvalue weighted by atomic mass is 9.64. The molecule has 0 spiro atoms. The Balaban J connectivity index is 1.56. The number of carbonyl (C=O) groups excluding carboxylic acids is 1. The molecule has 0 saturated heterocycles. The second-order valence-electron chi connectivity index (χ2n) is 9.76. The van der Waals surface area contributed by atoms with Gasteiger partial charge in [0.1, 0.15) is 5.75 Å². The fourth-order valence-corrected chi connectivity index (χ4v) is 5.82. The van der Waals surface area contributed by atoms with E-state index in [9.17, 15) is 4.79 Å². The van der Waals surface area contributed by atoms with Gasteiger partial charge in [0, 0.05) is 0 Å². The van der Waals surface area contributed by atoms with Gasteiger partial charge in [0.15, 0.2) is 0 Å². The molecular weight excluding hydrogens is 356 g/mol. The van der Waals surface area contributed by atoms with E-state index in [1.54, 1.807) is 0 Å². The van der Waals surface area contributed by atoms with Gasteiger partial charge >= 0.3 is 5.97 Å². The molecule has 29 heavy (non-hydrogen) atoms. The van der Waals surface area contributed by atoms with Crippen molar-refractivity contribution in [2.75, 3.05) is 0 Å². The molecule has 2 heteroatoms. The Kier molecular flexibility index (Phi) is 8.63. The average molecular weight is 399 g/mol.